The van der Waals surface area contributed by atoms with Crippen LogP contribution in [0.3, 0.4) is 0 Å². The summed E-state index contributed by atoms with van der Waals surface area (Å²) >= 11 is 0. The first kappa shape index (κ1) is 21.1. The fourth-order valence-electron chi connectivity index (χ4n) is 3.67. The lowest BCUT2D eigenvalue weighted by Gasteiger charge is -2.34. The zero-order chi connectivity index (χ0) is 21.8. The van der Waals surface area contributed by atoms with E-state index in [-0.39, 0.29) is 18.3 Å². The normalized spacial score (nSPS) is 14.6. The first-order valence-electron chi connectivity index (χ1n) is 10.4. The highest BCUT2D eigenvalue weighted by Gasteiger charge is 2.28. The fraction of sp³-hybridized carbons (Fsp3) is 0.333. The van der Waals surface area contributed by atoms with Crippen molar-refractivity contribution >= 4 is 5.91 Å². The largest absolute Gasteiger partial charge is 0.489 e. The number of hydrogen-bond acceptors (Lipinski definition) is 5. The summed E-state index contributed by atoms with van der Waals surface area (Å²) in [5, 5.41) is 4.01. The molecule has 6 nitrogen and oxygen atoms in total. The summed E-state index contributed by atoms with van der Waals surface area (Å²) in [6.07, 6.45) is 0. The molecule has 0 radical (unpaired) electrons. The molecule has 1 aromatic heterocycles. The van der Waals surface area contributed by atoms with Gasteiger partial charge >= 0.3 is 0 Å². The summed E-state index contributed by atoms with van der Waals surface area (Å²) in [5.74, 6) is 0.939. The highest BCUT2D eigenvalue weighted by atomic mass is 19.1. The number of halogens is 1. The van der Waals surface area contributed by atoms with Crippen molar-refractivity contribution in [1.29, 1.82) is 0 Å². The molecule has 0 aliphatic carbocycles. The second-order valence-corrected chi connectivity index (χ2v) is 7.87. The Morgan fingerprint density at radius 2 is 1.84 bits per heavy atom. The fourth-order valence-corrected chi connectivity index (χ4v) is 3.67. The minimum Gasteiger partial charge on any atom is -0.489 e. The number of carbonyl (C=O) groups excluding carboxylic acids is 1. The van der Waals surface area contributed by atoms with Crippen molar-refractivity contribution in [3.05, 3.63) is 82.5 Å². The minimum absolute atomic E-state index is 0.148. The third kappa shape index (κ3) is 5.11. The molecular weight excluding hydrogens is 397 g/mol. The summed E-state index contributed by atoms with van der Waals surface area (Å²) in [6, 6.07) is 14.4. The number of piperazine rings is 1. The Kier molecular flexibility index (Phi) is 6.32. The average molecular weight is 423 g/mol. The van der Waals surface area contributed by atoms with Gasteiger partial charge < -0.3 is 14.2 Å². The summed E-state index contributed by atoms with van der Waals surface area (Å²) in [5.41, 5.74) is 3.07. The van der Waals surface area contributed by atoms with E-state index in [9.17, 15) is 9.18 Å². The second-order valence-electron chi connectivity index (χ2n) is 7.87. The Labute approximate surface area is 181 Å². The lowest BCUT2D eigenvalue weighted by atomic mass is 10.1. The van der Waals surface area contributed by atoms with E-state index in [1.807, 2.05) is 37.3 Å². The molecule has 4 rings (SSSR count). The predicted octanol–water partition coefficient (Wildman–Crippen LogP) is 3.97. The summed E-state index contributed by atoms with van der Waals surface area (Å²) in [7, 11) is 0. The van der Waals surface area contributed by atoms with E-state index in [1.165, 1.54) is 6.07 Å². The van der Waals surface area contributed by atoms with E-state index in [0.717, 1.165) is 16.9 Å². The van der Waals surface area contributed by atoms with Gasteiger partial charge in [-0.3, -0.25) is 9.69 Å². The lowest BCUT2D eigenvalue weighted by molar-refractivity contribution is 0.0616. The zero-order valence-corrected chi connectivity index (χ0v) is 17.8. The van der Waals surface area contributed by atoms with Crippen LogP contribution in [0.1, 0.15) is 32.9 Å². The SMILES string of the molecule is Cc1ccc(OCc2c(C(=O)N3CCN(Cc4cccc(F)c4)CC3)noc2C)cc1. The van der Waals surface area contributed by atoms with Crippen LogP contribution in [0, 0.1) is 19.7 Å². The number of ether oxygens (including phenoxy) is 1. The van der Waals surface area contributed by atoms with Crippen LogP contribution in [-0.2, 0) is 13.2 Å². The summed E-state index contributed by atoms with van der Waals surface area (Å²) in [6.45, 7) is 7.29. The number of hydrogen-bond donors (Lipinski definition) is 0. The minimum atomic E-state index is -0.229. The van der Waals surface area contributed by atoms with Crippen LogP contribution >= 0.6 is 0 Å². The Balaban J connectivity index is 1.36. The van der Waals surface area contributed by atoms with Gasteiger partial charge in [-0.2, -0.15) is 0 Å². The number of carbonyl (C=O) groups is 1. The molecule has 0 unspecified atom stereocenters. The van der Waals surface area contributed by atoms with Crippen LogP contribution in [0.25, 0.3) is 0 Å². The first-order valence-corrected chi connectivity index (χ1v) is 10.4. The maximum absolute atomic E-state index is 13.4. The first-order chi connectivity index (χ1) is 15.0. The molecule has 2 heterocycles. The van der Waals surface area contributed by atoms with Gasteiger partial charge in [0.05, 0.1) is 5.56 Å². The topological polar surface area (TPSA) is 58.8 Å². The van der Waals surface area contributed by atoms with E-state index in [2.05, 4.69) is 10.1 Å². The number of aryl methyl sites for hydroxylation is 2. The van der Waals surface area contributed by atoms with Gasteiger partial charge in [0, 0.05) is 32.7 Å². The molecule has 1 saturated heterocycles. The van der Waals surface area contributed by atoms with E-state index >= 15 is 0 Å². The van der Waals surface area contributed by atoms with Crippen LogP contribution < -0.4 is 4.74 Å². The molecule has 0 spiro atoms. The monoisotopic (exact) mass is 423 g/mol. The van der Waals surface area contributed by atoms with Crippen molar-refractivity contribution in [1.82, 2.24) is 15.0 Å². The average Bonchev–Trinajstić information content (AvgIpc) is 3.14. The molecule has 1 aliphatic rings. The van der Waals surface area contributed by atoms with Crippen molar-refractivity contribution in [2.45, 2.75) is 27.0 Å². The van der Waals surface area contributed by atoms with Gasteiger partial charge in [0.1, 0.15) is 23.9 Å². The molecule has 1 aliphatic heterocycles. The number of amides is 1. The van der Waals surface area contributed by atoms with Crippen molar-refractivity contribution < 1.29 is 18.4 Å². The van der Waals surface area contributed by atoms with Gasteiger partial charge in [-0.05, 0) is 43.7 Å². The highest BCUT2D eigenvalue weighted by molar-refractivity contribution is 5.93. The highest BCUT2D eigenvalue weighted by Crippen LogP contribution is 2.20. The van der Waals surface area contributed by atoms with Gasteiger partial charge in [0.25, 0.3) is 5.91 Å². The summed E-state index contributed by atoms with van der Waals surface area (Å²) in [4.78, 5) is 17.1. The quantitative estimate of drug-likeness (QED) is 0.601. The maximum Gasteiger partial charge on any atom is 0.276 e. The Bertz CT molecular complexity index is 1040. The lowest BCUT2D eigenvalue weighted by Crippen LogP contribution is -2.48. The Hall–Kier alpha value is -3.19. The molecule has 7 heteroatoms. The molecule has 0 saturated carbocycles. The standard InChI is InChI=1S/C24H26FN3O3/c1-17-6-8-21(9-7-17)30-16-22-18(2)31-26-23(22)24(29)28-12-10-27(11-13-28)15-19-4-3-5-20(25)14-19/h3-9,14H,10-13,15-16H2,1-2H3. The van der Waals surface area contributed by atoms with Crippen molar-refractivity contribution in [3.63, 3.8) is 0 Å². The van der Waals surface area contributed by atoms with Crippen molar-refractivity contribution in [2.24, 2.45) is 0 Å². The van der Waals surface area contributed by atoms with Crippen LogP contribution in [0.2, 0.25) is 0 Å². The molecule has 0 bridgehead atoms. The summed E-state index contributed by atoms with van der Waals surface area (Å²) < 4.78 is 24.6. The van der Waals surface area contributed by atoms with Gasteiger partial charge in [-0.25, -0.2) is 4.39 Å². The second kappa shape index (κ2) is 9.31. The van der Waals surface area contributed by atoms with Crippen LogP contribution in [0.15, 0.2) is 53.1 Å². The molecule has 1 fully saturated rings. The van der Waals surface area contributed by atoms with Gasteiger partial charge in [-0.1, -0.05) is 35.0 Å². The van der Waals surface area contributed by atoms with Gasteiger partial charge in [0.2, 0.25) is 0 Å². The van der Waals surface area contributed by atoms with E-state index in [4.69, 9.17) is 9.26 Å². The smallest absolute Gasteiger partial charge is 0.276 e. The van der Waals surface area contributed by atoms with E-state index in [1.54, 1.807) is 24.0 Å². The predicted molar refractivity (Wildman–Crippen MR) is 114 cm³/mol. The zero-order valence-electron chi connectivity index (χ0n) is 17.8. The number of nitrogens with zero attached hydrogens (tertiary/aromatic N) is 3. The molecule has 0 atom stereocenters. The number of aromatic nitrogens is 1. The molecular formula is C24H26FN3O3. The third-order valence-electron chi connectivity index (χ3n) is 5.55. The van der Waals surface area contributed by atoms with E-state index < -0.39 is 0 Å². The van der Waals surface area contributed by atoms with E-state index in [0.29, 0.717) is 49.7 Å². The van der Waals surface area contributed by atoms with Gasteiger partial charge in [-0.15, -0.1) is 0 Å². The Morgan fingerprint density at radius 3 is 2.55 bits per heavy atom. The maximum atomic E-state index is 13.4. The van der Waals surface area contributed by atoms with Crippen LogP contribution in [0.5, 0.6) is 5.75 Å². The van der Waals surface area contributed by atoms with Crippen LogP contribution in [0.4, 0.5) is 4.39 Å². The molecule has 2 aromatic carbocycles. The Morgan fingerprint density at radius 1 is 1.10 bits per heavy atom. The third-order valence-corrected chi connectivity index (χ3v) is 5.55. The molecule has 1 amide bonds. The molecule has 162 valence electrons. The molecule has 3 aromatic rings. The van der Waals surface area contributed by atoms with Gasteiger partial charge in [0.15, 0.2) is 5.69 Å². The van der Waals surface area contributed by atoms with Crippen molar-refractivity contribution in [3.8, 4) is 5.75 Å². The molecule has 0 N–H and O–H groups in total. The van der Waals surface area contributed by atoms with Crippen molar-refractivity contribution in [2.75, 3.05) is 26.2 Å². The number of rotatable bonds is 6. The molecule has 31 heavy (non-hydrogen) atoms. The number of benzene rings is 2. The van der Waals surface area contributed by atoms with Crippen LogP contribution in [-0.4, -0.2) is 47.0 Å².